The maximum atomic E-state index is 11.6. The number of anilines is 2. The summed E-state index contributed by atoms with van der Waals surface area (Å²) in [5.41, 5.74) is 1.88. The molecule has 2 unspecified atom stereocenters. The molecule has 116 valence electrons. The minimum absolute atomic E-state index is 0.145. The van der Waals surface area contributed by atoms with E-state index < -0.39 is 18.2 Å². The highest BCUT2D eigenvalue weighted by molar-refractivity contribution is 5.76. The van der Waals surface area contributed by atoms with Crippen LogP contribution in [0.1, 0.15) is 18.6 Å². The summed E-state index contributed by atoms with van der Waals surface area (Å²) in [6, 6.07) is 16.4. The Morgan fingerprint density at radius 2 is 1.73 bits per heavy atom. The first-order valence-electron chi connectivity index (χ1n) is 7.07. The van der Waals surface area contributed by atoms with E-state index in [9.17, 15) is 15.0 Å². The maximum Gasteiger partial charge on any atom is 0.338 e. The van der Waals surface area contributed by atoms with Gasteiger partial charge in [0.1, 0.15) is 6.10 Å². The Bertz CT molecular complexity index is 615. The zero-order valence-corrected chi connectivity index (χ0v) is 12.3. The van der Waals surface area contributed by atoms with Gasteiger partial charge in [0, 0.05) is 16.9 Å². The van der Waals surface area contributed by atoms with E-state index in [1.54, 1.807) is 31.2 Å². The Hall–Kier alpha value is -2.37. The molecule has 0 fully saturated rings. The second-order valence-electron chi connectivity index (χ2n) is 4.72. The molecule has 0 spiro atoms. The predicted octanol–water partition coefficient (Wildman–Crippen LogP) is 2.39. The van der Waals surface area contributed by atoms with Gasteiger partial charge in [0.25, 0.3) is 0 Å². The van der Waals surface area contributed by atoms with Gasteiger partial charge in [-0.3, -0.25) is 0 Å². The van der Waals surface area contributed by atoms with Crippen LogP contribution in [-0.4, -0.2) is 28.9 Å². The lowest BCUT2D eigenvalue weighted by Gasteiger charge is -2.20. The molecule has 3 N–H and O–H groups in total. The molecule has 2 rings (SSSR count). The average molecular weight is 301 g/mol. The van der Waals surface area contributed by atoms with Crippen LogP contribution in [0.4, 0.5) is 11.4 Å². The summed E-state index contributed by atoms with van der Waals surface area (Å²) in [5, 5.41) is 23.3. The van der Waals surface area contributed by atoms with Crippen molar-refractivity contribution in [3.8, 4) is 0 Å². The number of benzene rings is 2. The molecule has 2 atom stereocenters. The van der Waals surface area contributed by atoms with E-state index in [-0.39, 0.29) is 6.61 Å². The minimum Gasteiger partial charge on any atom is -0.464 e. The molecule has 0 aliphatic heterocycles. The zero-order chi connectivity index (χ0) is 15.9. The molecule has 5 heteroatoms. The van der Waals surface area contributed by atoms with Crippen LogP contribution in [0.25, 0.3) is 0 Å². The lowest BCUT2D eigenvalue weighted by atomic mass is 10.0. The van der Waals surface area contributed by atoms with Gasteiger partial charge in [-0.25, -0.2) is 4.79 Å². The number of esters is 1. The summed E-state index contributed by atoms with van der Waals surface area (Å²) < 4.78 is 4.74. The van der Waals surface area contributed by atoms with Gasteiger partial charge in [0.2, 0.25) is 0 Å². The van der Waals surface area contributed by atoms with Crippen LogP contribution in [-0.2, 0) is 9.53 Å². The number of para-hydroxylation sites is 2. The first kappa shape index (κ1) is 16.0. The average Bonchev–Trinajstić information content (AvgIpc) is 2.55. The van der Waals surface area contributed by atoms with E-state index in [1.165, 1.54) is 0 Å². The molecule has 0 amide bonds. The largest absolute Gasteiger partial charge is 0.464 e. The SMILES string of the molecule is CCOC(=O)C(O)C(O)c1ccccc1Nc1ccccc1. The quantitative estimate of drug-likeness (QED) is 0.714. The number of carbonyl (C=O) groups is 1. The molecule has 0 bridgehead atoms. The van der Waals surface area contributed by atoms with Gasteiger partial charge < -0.3 is 20.3 Å². The zero-order valence-electron chi connectivity index (χ0n) is 12.3. The van der Waals surface area contributed by atoms with Gasteiger partial charge in [-0.2, -0.15) is 0 Å². The van der Waals surface area contributed by atoms with E-state index in [1.807, 2.05) is 30.3 Å². The third-order valence-electron chi connectivity index (χ3n) is 3.16. The van der Waals surface area contributed by atoms with Crippen LogP contribution in [0.3, 0.4) is 0 Å². The molecule has 0 aliphatic rings. The lowest BCUT2D eigenvalue weighted by Crippen LogP contribution is -2.30. The molecule has 5 nitrogen and oxygen atoms in total. The smallest absolute Gasteiger partial charge is 0.338 e. The molecule has 0 radical (unpaired) electrons. The fraction of sp³-hybridized carbons (Fsp3) is 0.235. The number of aliphatic hydroxyl groups is 2. The Labute approximate surface area is 129 Å². The maximum absolute atomic E-state index is 11.6. The van der Waals surface area contributed by atoms with Crippen LogP contribution >= 0.6 is 0 Å². The van der Waals surface area contributed by atoms with Crippen molar-refractivity contribution in [2.24, 2.45) is 0 Å². The van der Waals surface area contributed by atoms with Gasteiger partial charge in [0.05, 0.1) is 6.61 Å². The summed E-state index contributed by atoms with van der Waals surface area (Å²) in [7, 11) is 0. The van der Waals surface area contributed by atoms with Crippen LogP contribution in [0.2, 0.25) is 0 Å². The third-order valence-corrected chi connectivity index (χ3v) is 3.16. The highest BCUT2D eigenvalue weighted by atomic mass is 16.5. The van der Waals surface area contributed by atoms with Gasteiger partial charge in [-0.05, 0) is 25.1 Å². The van der Waals surface area contributed by atoms with Gasteiger partial charge in [0.15, 0.2) is 6.10 Å². The number of rotatable bonds is 6. The second-order valence-corrected chi connectivity index (χ2v) is 4.72. The molecule has 0 aliphatic carbocycles. The molecular weight excluding hydrogens is 282 g/mol. The highest BCUT2D eigenvalue weighted by Gasteiger charge is 2.28. The Morgan fingerprint density at radius 3 is 2.41 bits per heavy atom. The van der Waals surface area contributed by atoms with Gasteiger partial charge >= 0.3 is 5.97 Å². The molecular formula is C17H19NO4. The summed E-state index contributed by atoms with van der Waals surface area (Å²) >= 11 is 0. The predicted molar refractivity (Wildman–Crippen MR) is 83.8 cm³/mol. The number of ether oxygens (including phenoxy) is 1. The highest BCUT2D eigenvalue weighted by Crippen LogP contribution is 2.28. The van der Waals surface area contributed by atoms with Crippen molar-refractivity contribution >= 4 is 17.3 Å². The fourth-order valence-corrected chi connectivity index (χ4v) is 2.07. The monoisotopic (exact) mass is 301 g/mol. The Kier molecular flexibility index (Phi) is 5.52. The van der Waals surface area contributed by atoms with Crippen molar-refractivity contribution in [2.75, 3.05) is 11.9 Å². The second kappa shape index (κ2) is 7.59. The first-order valence-corrected chi connectivity index (χ1v) is 7.07. The van der Waals surface area contributed by atoms with Crippen LogP contribution in [0.15, 0.2) is 54.6 Å². The summed E-state index contributed by atoms with van der Waals surface area (Å²) in [4.78, 5) is 11.6. The molecule has 0 aromatic heterocycles. The van der Waals surface area contributed by atoms with Crippen molar-refractivity contribution in [3.05, 3.63) is 60.2 Å². The summed E-state index contributed by atoms with van der Waals surface area (Å²) in [5.74, 6) is -0.843. The number of carbonyl (C=O) groups excluding carboxylic acids is 1. The van der Waals surface area contributed by atoms with E-state index >= 15 is 0 Å². The summed E-state index contributed by atoms with van der Waals surface area (Å²) in [6.45, 7) is 1.79. The van der Waals surface area contributed by atoms with Crippen molar-refractivity contribution < 1.29 is 19.7 Å². The van der Waals surface area contributed by atoms with Crippen LogP contribution < -0.4 is 5.32 Å². The van der Waals surface area contributed by atoms with Crippen LogP contribution in [0.5, 0.6) is 0 Å². The summed E-state index contributed by atoms with van der Waals surface area (Å²) in [6.07, 6.45) is -3.00. The first-order chi connectivity index (χ1) is 10.6. The number of nitrogens with one attached hydrogen (secondary N) is 1. The molecule has 22 heavy (non-hydrogen) atoms. The number of aliphatic hydroxyl groups excluding tert-OH is 2. The van der Waals surface area contributed by atoms with E-state index in [0.717, 1.165) is 5.69 Å². The molecule has 2 aromatic rings. The van der Waals surface area contributed by atoms with Gasteiger partial charge in [-0.1, -0.05) is 36.4 Å². The van der Waals surface area contributed by atoms with E-state index in [0.29, 0.717) is 11.3 Å². The van der Waals surface area contributed by atoms with E-state index in [4.69, 9.17) is 4.74 Å². The molecule has 0 heterocycles. The number of hydrogen-bond acceptors (Lipinski definition) is 5. The van der Waals surface area contributed by atoms with Crippen molar-refractivity contribution in [1.82, 2.24) is 0 Å². The third kappa shape index (κ3) is 3.84. The van der Waals surface area contributed by atoms with Crippen molar-refractivity contribution in [2.45, 2.75) is 19.1 Å². The van der Waals surface area contributed by atoms with Gasteiger partial charge in [-0.15, -0.1) is 0 Å². The Morgan fingerprint density at radius 1 is 1.09 bits per heavy atom. The number of hydrogen-bond donors (Lipinski definition) is 3. The fourth-order valence-electron chi connectivity index (χ4n) is 2.07. The minimum atomic E-state index is -1.63. The van der Waals surface area contributed by atoms with Crippen molar-refractivity contribution in [3.63, 3.8) is 0 Å². The molecule has 0 saturated carbocycles. The standard InChI is InChI=1S/C17H19NO4/c1-2-22-17(21)16(20)15(19)13-10-6-7-11-14(13)18-12-8-4-3-5-9-12/h3-11,15-16,18-20H,2H2,1H3. The molecule has 0 saturated heterocycles. The van der Waals surface area contributed by atoms with E-state index in [2.05, 4.69) is 5.32 Å². The van der Waals surface area contributed by atoms with Crippen LogP contribution in [0, 0.1) is 0 Å². The Balaban J connectivity index is 2.22. The topological polar surface area (TPSA) is 78.8 Å². The van der Waals surface area contributed by atoms with Crippen molar-refractivity contribution in [1.29, 1.82) is 0 Å². The lowest BCUT2D eigenvalue weighted by molar-refractivity contribution is -0.159. The molecule has 2 aromatic carbocycles. The normalized spacial score (nSPS) is 13.2.